The molecule has 0 fully saturated rings. The van der Waals surface area contributed by atoms with Crippen molar-refractivity contribution < 1.29 is 14.1 Å². The van der Waals surface area contributed by atoms with Crippen molar-refractivity contribution in [2.24, 2.45) is 0 Å². The van der Waals surface area contributed by atoms with Gasteiger partial charge in [-0.15, -0.1) is 0 Å². The highest BCUT2D eigenvalue weighted by Gasteiger charge is 2.27. The Balaban J connectivity index is 1.40. The number of ether oxygens (including phenoxy) is 1. The Morgan fingerprint density at radius 1 is 1.25 bits per heavy atom. The lowest BCUT2D eigenvalue weighted by Crippen LogP contribution is -2.30. The van der Waals surface area contributed by atoms with Gasteiger partial charge in [0.2, 0.25) is 11.7 Å². The molecule has 1 aliphatic rings. The summed E-state index contributed by atoms with van der Waals surface area (Å²) >= 11 is 0. The Hall–Kier alpha value is -3.68. The topological polar surface area (TPSA) is 94.5 Å². The zero-order valence-corrected chi connectivity index (χ0v) is 15.3. The maximum absolute atomic E-state index is 12.8. The molecular formula is C20H17N5O3. The number of benzene rings is 1. The zero-order valence-electron chi connectivity index (χ0n) is 15.3. The molecule has 4 aromatic rings. The molecular weight excluding hydrogens is 358 g/mol. The SMILES string of the molecule is Cc1ccc2ncc(C(=O)N[C@@H]3COc4cc(-c5noc(C)n5)ccc43)n2c1. The summed E-state index contributed by atoms with van der Waals surface area (Å²) in [6.45, 7) is 4.09. The van der Waals surface area contributed by atoms with E-state index in [0.29, 0.717) is 29.8 Å². The second-order valence-electron chi connectivity index (χ2n) is 6.80. The van der Waals surface area contributed by atoms with E-state index in [1.165, 1.54) is 0 Å². The number of aromatic nitrogens is 4. The van der Waals surface area contributed by atoms with E-state index in [9.17, 15) is 4.79 Å². The van der Waals surface area contributed by atoms with E-state index in [1.54, 1.807) is 17.5 Å². The van der Waals surface area contributed by atoms with E-state index in [1.807, 2.05) is 43.5 Å². The third kappa shape index (κ3) is 2.70. The zero-order chi connectivity index (χ0) is 19.3. The molecule has 1 N–H and O–H groups in total. The quantitative estimate of drug-likeness (QED) is 0.592. The molecule has 28 heavy (non-hydrogen) atoms. The van der Waals surface area contributed by atoms with Crippen LogP contribution in [0.5, 0.6) is 5.75 Å². The second kappa shape index (κ2) is 6.19. The molecule has 1 amide bonds. The molecule has 140 valence electrons. The Kier molecular flexibility index (Phi) is 3.65. The van der Waals surface area contributed by atoms with Crippen molar-refractivity contribution >= 4 is 11.6 Å². The van der Waals surface area contributed by atoms with Gasteiger partial charge in [0.1, 0.15) is 23.7 Å². The van der Waals surface area contributed by atoms with Gasteiger partial charge in [-0.1, -0.05) is 23.4 Å². The summed E-state index contributed by atoms with van der Waals surface area (Å²) in [5, 5.41) is 6.97. The number of nitrogens with one attached hydrogen (secondary N) is 1. The molecule has 8 nitrogen and oxygen atoms in total. The maximum atomic E-state index is 12.8. The number of pyridine rings is 1. The molecule has 0 unspecified atom stereocenters. The highest BCUT2D eigenvalue weighted by atomic mass is 16.5. The predicted octanol–water partition coefficient (Wildman–Crippen LogP) is 2.86. The van der Waals surface area contributed by atoms with Crippen molar-refractivity contribution in [3.05, 3.63) is 65.4 Å². The summed E-state index contributed by atoms with van der Waals surface area (Å²) in [5.41, 5.74) is 4.00. The molecule has 0 aliphatic carbocycles. The third-order valence-corrected chi connectivity index (χ3v) is 4.77. The van der Waals surface area contributed by atoms with Crippen molar-refractivity contribution in [2.45, 2.75) is 19.9 Å². The number of rotatable bonds is 3. The molecule has 0 bridgehead atoms. The van der Waals surface area contributed by atoms with Crippen LogP contribution in [-0.2, 0) is 0 Å². The number of amides is 1. The van der Waals surface area contributed by atoms with Gasteiger partial charge in [0.15, 0.2) is 0 Å². The Morgan fingerprint density at radius 2 is 2.14 bits per heavy atom. The van der Waals surface area contributed by atoms with Gasteiger partial charge in [0.25, 0.3) is 5.91 Å². The predicted molar refractivity (Wildman–Crippen MR) is 100 cm³/mol. The molecule has 4 heterocycles. The average Bonchev–Trinajstić information content (AvgIpc) is 3.39. The first-order chi connectivity index (χ1) is 13.6. The molecule has 0 radical (unpaired) electrons. The summed E-state index contributed by atoms with van der Waals surface area (Å²) < 4.78 is 12.6. The first kappa shape index (κ1) is 16.5. The van der Waals surface area contributed by atoms with Crippen molar-refractivity contribution in [1.82, 2.24) is 24.8 Å². The number of aryl methyl sites for hydroxylation is 2. The normalized spacial score (nSPS) is 15.4. The molecule has 0 saturated carbocycles. The van der Waals surface area contributed by atoms with E-state index in [4.69, 9.17) is 9.26 Å². The molecule has 0 spiro atoms. The van der Waals surface area contributed by atoms with Crippen LogP contribution in [0.1, 0.15) is 33.5 Å². The molecule has 5 rings (SSSR count). The van der Waals surface area contributed by atoms with Crippen LogP contribution in [0.2, 0.25) is 0 Å². The largest absolute Gasteiger partial charge is 0.491 e. The van der Waals surface area contributed by atoms with Crippen molar-refractivity contribution in [1.29, 1.82) is 0 Å². The number of imidazole rings is 1. The number of hydrogen-bond acceptors (Lipinski definition) is 6. The van der Waals surface area contributed by atoms with Crippen LogP contribution in [0.25, 0.3) is 17.0 Å². The van der Waals surface area contributed by atoms with Gasteiger partial charge in [-0.3, -0.25) is 9.20 Å². The van der Waals surface area contributed by atoms with Crippen LogP contribution in [0.15, 0.2) is 47.2 Å². The van der Waals surface area contributed by atoms with Crippen molar-refractivity contribution in [3.8, 4) is 17.1 Å². The number of carbonyl (C=O) groups excluding carboxylic acids is 1. The van der Waals surface area contributed by atoms with E-state index in [-0.39, 0.29) is 11.9 Å². The van der Waals surface area contributed by atoms with Gasteiger partial charge in [-0.05, 0) is 24.6 Å². The van der Waals surface area contributed by atoms with E-state index in [0.717, 1.165) is 22.3 Å². The minimum absolute atomic E-state index is 0.197. The summed E-state index contributed by atoms with van der Waals surface area (Å²) in [4.78, 5) is 21.4. The fourth-order valence-corrected chi connectivity index (χ4v) is 3.37. The maximum Gasteiger partial charge on any atom is 0.270 e. The Labute approximate surface area is 160 Å². The standard InChI is InChI=1S/C20H17N5O3/c1-11-3-6-18-21-8-16(25(18)9-11)20(26)23-15-10-27-17-7-13(4-5-14(15)17)19-22-12(2)28-24-19/h3-9,15H,10H2,1-2H3,(H,23,26)/t15-/m1/s1. The first-order valence-corrected chi connectivity index (χ1v) is 8.90. The highest BCUT2D eigenvalue weighted by molar-refractivity contribution is 5.93. The van der Waals surface area contributed by atoms with Gasteiger partial charge < -0.3 is 14.6 Å². The monoisotopic (exact) mass is 375 g/mol. The van der Waals surface area contributed by atoms with Crippen LogP contribution in [0, 0.1) is 13.8 Å². The molecule has 8 heteroatoms. The van der Waals surface area contributed by atoms with E-state index >= 15 is 0 Å². The Bertz CT molecular complexity index is 1210. The van der Waals surface area contributed by atoms with Crippen molar-refractivity contribution in [3.63, 3.8) is 0 Å². The van der Waals surface area contributed by atoms with Gasteiger partial charge in [-0.25, -0.2) is 4.98 Å². The number of hydrogen-bond donors (Lipinski definition) is 1. The molecule has 1 aromatic carbocycles. The Morgan fingerprint density at radius 3 is 2.96 bits per heavy atom. The third-order valence-electron chi connectivity index (χ3n) is 4.77. The second-order valence-corrected chi connectivity index (χ2v) is 6.80. The van der Waals surface area contributed by atoms with Crippen LogP contribution in [-0.4, -0.2) is 32.0 Å². The van der Waals surface area contributed by atoms with Crippen LogP contribution in [0.4, 0.5) is 0 Å². The fourth-order valence-electron chi connectivity index (χ4n) is 3.37. The number of carbonyl (C=O) groups is 1. The van der Waals surface area contributed by atoms with Gasteiger partial charge >= 0.3 is 0 Å². The molecule has 1 aliphatic heterocycles. The van der Waals surface area contributed by atoms with Crippen molar-refractivity contribution in [2.75, 3.05) is 6.61 Å². The van der Waals surface area contributed by atoms with E-state index < -0.39 is 0 Å². The average molecular weight is 375 g/mol. The summed E-state index contributed by atoms with van der Waals surface area (Å²) in [6.07, 6.45) is 3.48. The number of nitrogens with zero attached hydrogens (tertiary/aromatic N) is 4. The fraction of sp³-hybridized carbons (Fsp3) is 0.200. The smallest absolute Gasteiger partial charge is 0.270 e. The number of fused-ring (bicyclic) bond motifs is 2. The van der Waals surface area contributed by atoms with Gasteiger partial charge in [0, 0.05) is 24.2 Å². The lowest BCUT2D eigenvalue weighted by atomic mass is 10.1. The van der Waals surface area contributed by atoms with Crippen LogP contribution < -0.4 is 10.1 Å². The molecule has 1 atom stereocenters. The summed E-state index contributed by atoms with van der Waals surface area (Å²) in [6, 6.07) is 9.30. The van der Waals surface area contributed by atoms with Crippen LogP contribution in [0.3, 0.4) is 0 Å². The van der Waals surface area contributed by atoms with Gasteiger partial charge in [-0.2, -0.15) is 4.98 Å². The molecule has 3 aromatic heterocycles. The minimum atomic E-state index is -0.237. The van der Waals surface area contributed by atoms with E-state index in [2.05, 4.69) is 20.4 Å². The lowest BCUT2D eigenvalue weighted by Gasteiger charge is -2.12. The molecule has 0 saturated heterocycles. The first-order valence-electron chi connectivity index (χ1n) is 8.90. The highest BCUT2D eigenvalue weighted by Crippen LogP contribution is 2.35. The minimum Gasteiger partial charge on any atom is -0.491 e. The lowest BCUT2D eigenvalue weighted by molar-refractivity contribution is 0.0924. The summed E-state index contributed by atoms with van der Waals surface area (Å²) in [7, 11) is 0. The van der Waals surface area contributed by atoms with Crippen LogP contribution >= 0.6 is 0 Å². The summed E-state index contributed by atoms with van der Waals surface area (Å²) in [5.74, 6) is 1.53. The van der Waals surface area contributed by atoms with Gasteiger partial charge in [0.05, 0.1) is 12.2 Å².